The lowest BCUT2D eigenvalue weighted by atomic mass is 9.98. The van der Waals surface area contributed by atoms with Crippen LogP contribution in [0.15, 0.2) is 83.8 Å². The molecule has 0 aliphatic carbocycles. The number of nitrogens with zero attached hydrogens (tertiary/aromatic N) is 1. The third-order valence-electron chi connectivity index (χ3n) is 5.12. The predicted molar refractivity (Wildman–Crippen MR) is 126 cm³/mol. The molecule has 0 bridgehead atoms. The molecule has 0 aliphatic heterocycles. The van der Waals surface area contributed by atoms with E-state index < -0.39 is 26.6 Å². The molecule has 0 radical (unpaired) electrons. The van der Waals surface area contributed by atoms with Crippen LogP contribution in [0.2, 0.25) is 0 Å². The molecule has 0 saturated carbocycles. The van der Waals surface area contributed by atoms with Gasteiger partial charge in [0, 0.05) is 18.1 Å². The molecule has 3 rings (SSSR count). The van der Waals surface area contributed by atoms with Gasteiger partial charge in [0.25, 0.3) is 5.69 Å². The summed E-state index contributed by atoms with van der Waals surface area (Å²) in [6, 6.07) is 21.6. The lowest BCUT2D eigenvalue weighted by molar-refractivity contribution is -0.384. The zero-order chi connectivity index (χ0) is 23.8. The molecular formula is C25H23NO6S. The molecule has 8 heteroatoms. The lowest BCUT2D eigenvalue weighted by Gasteiger charge is -2.16. The number of non-ortho nitro benzene ring substituents is 1. The van der Waals surface area contributed by atoms with Gasteiger partial charge in [-0.1, -0.05) is 66.7 Å². The number of sulfone groups is 1. The maximum absolute atomic E-state index is 13.0. The van der Waals surface area contributed by atoms with Crippen LogP contribution < -0.4 is 0 Å². The second-order valence-corrected chi connectivity index (χ2v) is 9.46. The van der Waals surface area contributed by atoms with Crippen molar-refractivity contribution >= 4 is 33.6 Å². The van der Waals surface area contributed by atoms with Crippen molar-refractivity contribution in [2.45, 2.75) is 17.2 Å². The summed E-state index contributed by atoms with van der Waals surface area (Å²) in [5.41, 5.74) is 2.16. The van der Waals surface area contributed by atoms with E-state index >= 15 is 0 Å². The predicted octanol–water partition coefficient (Wildman–Crippen LogP) is 4.89. The molecule has 33 heavy (non-hydrogen) atoms. The molecule has 1 unspecified atom stereocenters. The lowest BCUT2D eigenvalue weighted by Crippen LogP contribution is -2.19. The van der Waals surface area contributed by atoms with Crippen LogP contribution in [0.3, 0.4) is 0 Å². The molecule has 1 atom stereocenters. The van der Waals surface area contributed by atoms with E-state index in [9.17, 15) is 23.3 Å². The van der Waals surface area contributed by atoms with E-state index in [4.69, 9.17) is 4.74 Å². The first kappa shape index (κ1) is 23.9. The van der Waals surface area contributed by atoms with Crippen molar-refractivity contribution < 1.29 is 22.9 Å². The van der Waals surface area contributed by atoms with Crippen molar-refractivity contribution in [2.24, 2.45) is 0 Å². The summed E-state index contributed by atoms with van der Waals surface area (Å²) in [4.78, 5) is 22.4. The average Bonchev–Trinajstić information content (AvgIpc) is 2.83. The van der Waals surface area contributed by atoms with E-state index in [1.54, 1.807) is 60.7 Å². The molecule has 0 heterocycles. The monoisotopic (exact) mass is 465 g/mol. The summed E-state index contributed by atoms with van der Waals surface area (Å²) in [5.74, 6) is -1.23. The van der Waals surface area contributed by atoms with Crippen LogP contribution in [0.1, 0.15) is 29.0 Å². The second kappa shape index (κ2) is 10.7. The van der Waals surface area contributed by atoms with E-state index in [0.717, 1.165) is 11.1 Å². The Bertz CT molecular complexity index is 1250. The Morgan fingerprint density at radius 1 is 0.970 bits per heavy atom. The molecule has 0 saturated heterocycles. The highest BCUT2D eigenvalue weighted by molar-refractivity contribution is 7.91. The fourth-order valence-corrected chi connectivity index (χ4v) is 4.95. The number of ether oxygens (including phenoxy) is 1. The van der Waals surface area contributed by atoms with Gasteiger partial charge in [-0.15, -0.1) is 0 Å². The first-order chi connectivity index (χ1) is 15.8. The van der Waals surface area contributed by atoms with Crippen molar-refractivity contribution in [3.05, 3.63) is 106 Å². The summed E-state index contributed by atoms with van der Waals surface area (Å²) in [7, 11) is -2.39. The molecule has 170 valence electrons. The van der Waals surface area contributed by atoms with Crippen molar-refractivity contribution in [1.29, 1.82) is 0 Å². The van der Waals surface area contributed by atoms with Crippen molar-refractivity contribution in [3.8, 4) is 0 Å². The van der Waals surface area contributed by atoms with Crippen LogP contribution in [-0.4, -0.2) is 32.2 Å². The van der Waals surface area contributed by atoms with Crippen molar-refractivity contribution in [1.82, 2.24) is 0 Å². The normalized spacial score (nSPS) is 12.4. The molecule has 3 aromatic rings. The molecule has 3 aromatic carbocycles. The number of nitro benzene ring substituents is 1. The van der Waals surface area contributed by atoms with E-state index in [2.05, 4.69) is 0 Å². The molecule has 0 fully saturated rings. The minimum atomic E-state index is -3.67. The van der Waals surface area contributed by atoms with Crippen LogP contribution in [-0.2, 0) is 19.4 Å². The SMILES string of the molecule is COC(=O)CC(CS(=O)(=O)c1ccc(/C=C/c2cccc([N+](=O)[O-])c2)cc1)c1ccccc1. The number of hydrogen-bond acceptors (Lipinski definition) is 6. The van der Waals surface area contributed by atoms with Gasteiger partial charge in [-0.25, -0.2) is 8.42 Å². The van der Waals surface area contributed by atoms with E-state index in [-0.39, 0.29) is 22.8 Å². The van der Waals surface area contributed by atoms with Crippen LogP contribution in [0, 0.1) is 10.1 Å². The Morgan fingerprint density at radius 3 is 2.27 bits per heavy atom. The molecular weight excluding hydrogens is 442 g/mol. The van der Waals surface area contributed by atoms with Gasteiger partial charge in [-0.05, 0) is 28.8 Å². The Labute approximate surface area is 192 Å². The highest BCUT2D eigenvalue weighted by atomic mass is 32.2. The first-order valence-electron chi connectivity index (χ1n) is 10.2. The number of methoxy groups -OCH3 is 1. The topological polar surface area (TPSA) is 104 Å². The standard InChI is InChI=1S/C25H23NO6S/c1-32-25(27)17-22(21-7-3-2-4-8-21)18-33(30,31)24-14-12-19(13-15-24)10-11-20-6-5-9-23(16-20)26(28)29/h2-16,22H,17-18H2,1H3/b11-10+. The summed E-state index contributed by atoms with van der Waals surface area (Å²) in [5, 5.41) is 10.9. The molecule has 0 aliphatic rings. The number of nitro groups is 1. The maximum Gasteiger partial charge on any atom is 0.306 e. The van der Waals surface area contributed by atoms with Crippen LogP contribution >= 0.6 is 0 Å². The van der Waals surface area contributed by atoms with Gasteiger partial charge in [-0.2, -0.15) is 0 Å². The number of carbonyl (C=O) groups excluding carboxylic acids is 1. The quantitative estimate of drug-likeness (QED) is 0.193. The number of benzene rings is 3. The highest BCUT2D eigenvalue weighted by Crippen LogP contribution is 2.26. The number of esters is 1. The summed E-state index contributed by atoms with van der Waals surface area (Å²) < 4.78 is 30.8. The van der Waals surface area contributed by atoms with E-state index in [1.807, 2.05) is 6.07 Å². The van der Waals surface area contributed by atoms with Gasteiger partial charge < -0.3 is 4.74 Å². The third-order valence-corrected chi connectivity index (χ3v) is 6.95. The van der Waals surface area contributed by atoms with Gasteiger partial charge in [0.2, 0.25) is 0 Å². The number of rotatable bonds is 9. The van der Waals surface area contributed by atoms with Crippen LogP contribution in [0.5, 0.6) is 0 Å². The van der Waals surface area contributed by atoms with Crippen molar-refractivity contribution in [2.75, 3.05) is 12.9 Å². The van der Waals surface area contributed by atoms with E-state index in [1.165, 1.54) is 31.4 Å². The number of hydrogen-bond donors (Lipinski definition) is 0. The largest absolute Gasteiger partial charge is 0.469 e. The van der Waals surface area contributed by atoms with Gasteiger partial charge in [0.1, 0.15) is 0 Å². The molecule has 0 amide bonds. The average molecular weight is 466 g/mol. The molecule has 0 aromatic heterocycles. The van der Waals surface area contributed by atoms with Gasteiger partial charge >= 0.3 is 5.97 Å². The van der Waals surface area contributed by atoms with Crippen molar-refractivity contribution in [3.63, 3.8) is 0 Å². The zero-order valence-corrected chi connectivity index (χ0v) is 18.8. The summed E-state index contributed by atoms with van der Waals surface area (Å²) in [6.07, 6.45) is 3.43. The highest BCUT2D eigenvalue weighted by Gasteiger charge is 2.25. The maximum atomic E-state index is 13.0. The van der Waals surface area contributed by atoms with Crippen LogP contribution in [0.25, 0.3) is 12.2 Å². The minimum Gasteiger partial charge on any atom is -0.469 e. The number of carbonyl (C=O) groups is 1. The van der Waals surface area contributed by atoms with Gasteiger partial charge in [0.15, 0.2) is 9.84 Å². The Morgan fingerprint density at radius 2 is 1.64 bits per heavy atom. The fraction of sp³-hybridized carbons (Fsp3) is 0.160. The summed E-state index contributed by atoms with van der Waals surface area (Å²) >= 11 is 0. The van der Waals surface area contributed by atoms with Gasteiger partial charge in [0.05, 0.1) is 29.1 Å². The van der Waals surface area contributed by atoms with Gasteiger partial charge in [-0.3, -0.25) is 14.9 Å². The second-order valence-electron chi connectivity index (χ2n) is 7.42. The fourth-order valence-electron chi connectivity index (χ4n) is 3.36. The minimum absolute atomic E-state index is 0.00137. The zero-order valence-electron chi connectivity index (χ0n) is 18.0. The Balaban J connectivity index is 1.77. The molecule has 7 nitrogen and oxygen atoms in total. The summed E-state index contributed by atoms with van der Waals surface area (Å²) in [6.45, 7) is 0. The smallest absolute Gasteiger partial charge is 0.306 e. The Hall–Kier alpha value is -3.78. The molecule has 0 spiro atoms. The third kappa shape index (κ3) is 6.60. The Kier molecular flexibility index (Phi) is 7.74. The van der Waals surface area contributed by atoms with Crippen LogP contribution in [0.4, 0.5) is 5.69 Å². The first-order valence-corrected chi connectivity index (χ1v) is 11.8. The molecule has 0 N–H and O–H groups in total. The van der Waals surface area contributed by atoms with E-state index in [0.29, 0.717) is 5.56 Å².